The van der Waals surface area contributed by atoms with Crippen molar-refractivity contribution in [1.82, 2.24) is 0 Å². The van der Waals surface area contributed by atoms with Crippen LogP contribution in [-0.2, 0) is 23.9 Å². The highest BCUT2D eigenvalue weighted by molar-refractivity contribution is 5.82. The molecule has 0 aromatic heterocycles. The fraction of sp³-hybridized carbons (Fsp3) is 0.667. The van der Waals surface area contributed by atoms with Crippen LogP contribution in [0.4, 0.5) is 0 Å². The highest BCUT2D eigenvalue weighted by Crippen LogP contribution is 2.38. The molecule has 9 nitrogen and oxygen atoms in total. The number of ether oxygens (including phenoxy) is 3. The average Bonchev–Trinajstić information content (AvgIpc) is 2.87. The second-order valence-electron chi connectivity index (χ2n) is 12.0. The Labute approximate surface area is 232 Å². The second kappa shape index (κ2) is 13.9. The van der Waals surface area contributed by atoms with Crippen LogP contribution in [0.3, 0.4) is 0 Å². The SMILES string of the molecule is CCC(C)(C)C(=O)Oc1ccc(C(C(C)COC(=O)C(C)C(C)C)[C@H](N)C(=O)O)cc1OC(=O)C(C)(C)CC. The lowest BCUT2D eigenvalue weighted by Crippen LogP contribution is -2.41. The van der Waals surface area contributed by atoms with E-state index >= 15 is 0 Å². The fourth-order valence-corrected chi connectivity index (χ4v) is 3.43. The Balaban J connectivity index is 3.52. The summed E-state index contributed by atoms with van der Waals surface area (Å²) in [5.41, 5.74) is 4.96. The summed E-state index contributed by atoms with van der Waals surface area (Å²) in [6.07, 6.45) is 1.04. The van der Waals surface area contributed by atoms with Crippen molar-refractivity contribution in [3.8, 4) is 11.5 Å². The first-order chi connectivity index (χ1) is 17.9. The first-order valence-corrected chi connectivity index (χ1v) is 13.6. The summed E-state index contributed by atoms with van der Waals surface area (Å²) >= 11 is 0. The minimum Gasteiger partial charge on any atom is -0.480 e. The van der Waals surface area contributed by atoms with Gasteiger partial charge >= 0.3 is 23.9 Å². The van der Waals surface area contributed by atoms with Crippen LogP contribution in [0.1, 0.15) is 93.6 Å². The van der Waals surface area contributed by atoms with Crippen LogP contribution >= 0.6 is 0 Å². The molecule has 0 saturated carbocycles. The molecular weight excluding hydrogens is 502 g/mol. The molecule has 0 aliphatic carbocycles. The van der Waals surface area contributed by atoms with E-state index in [2.05, 4.69) is 0 Å². The summed E-state index contributed by atoms with van der Waals surface area (Å²) in [6, 6.07) is 3.20. The summed E-state index contributed by atoms with van der Waals surface area (Å²) in [7, 11) is 0. The fourth-order valence-electron chi connectivity index (χ4n) is 3.43. The monoisotopic (exact) mass is 549 g/mol. The third-order valence-electron chi connectivity index (χ3n) is 7.78. The molecule has 1 aromatic rings. The number of carbonyl (C=O) groups is 4. The summed E-state index contributed by atoms with van der Waals surface area (Å²) in [5, 5.41) is 9.76. The Morgan fingerprint density at radius 1 is 0.872 bits per heavy atom. The molecule has 39 heavy (non-hydrogen) atoms. The highest BCUT2D eigenvalue weighted by Gasteiger charge is 2.35. The molecule has 0 bridgehead atoms. The number of hydrogen-bond acceptors (Lipinski definition) is 8. The zero-order chi connectivity index (χ0) is 30.3. The zero-order valence-corrected chi connectivity index (χ0v) is 25.1. The molecule has 0 radical (unpaired) electrons. The molecule has 9 heteroatoms. The van der Waals surface area contributed by atoms with Gasteiger partial charge in [-0.2, -0.15) is 0 Å². The van der Waals surface area contributed by atoms with Gasteiger partial charge in [-0.1, -0.05) is 47.6 Å². The average molecular weight is 550 g/mol. The van der Waals surface area contributed by atoms with E-state index in [1.54, 1.807) is 47.6 Å². The number of rotatable bonds is 14. The molecule has 0 spiro atoms. The molecular formula is C30H47NO8. The van der Waals surface area contributed by atoms with Gasteiger partial charge in [0.2, 0.25) is 0 Å². The molecule has 1 aromatic carbocycles. The number of esters is 3. The maximum absolute atomic E-state index is 13.0. The second-order valence-corrected chi connectivity index (χ2v) is 12.0. The van der Waals surface area contributed by atoms with Crippen LogP contribution < -0.4 is 15.2 Å². The van der Waals surface area contributed by atoms with Gasteiger partial charge in [0.1, 0.15) is 6.04 Å². The number of carbonyl (C=O) groups excluding carboxylic acids is 3. The van der Waals surface area contributed by atoms with Crippen molar-refractivity contribution >= 4 is 23.9 Å². The number of benzene rings is 1. The third-order valence-corrected chi connectivity index (χ3v) is 7.78. The highest BCUT2D eigenvalue weighted by atomic mass is 16.6. The Kier molecular flexibility index (Phi) is 12.2. The number of carboxylic acid groups (broad SMARTS) is 1. The quantitative estimate of drug-likeness (QED) is 0.232. The Morgan fingerprint density at radius 3 is 1.79 bits per heavy atom. The van der Waals surface area contributed by atoms with Crippen LogP contribution in [0, 0.1) is 28.6 Å². The number of hydrogen-bond donors (Lipinski definition) is 2. The predicted octanol–water partition coefficient (Wildman–Crippen LogP) is 5.34. The van der Waals surface area contributed by atoms with Crippen molar-refractivity contribution in [3.05, 3.63) is 23.8 Å². The molecule has 0 heterocycles. The van der Waals surface area contributed by atoms with Crippen molar-refractivity contribution < 1.29 is 38.5 Å². The zero-order valence-electron chi connectivity index (χ0n) is 25.1. The Morgan fingerprint density at radius 2 is 1.36 bits per heavy atom. The lowest BCUT2D eigenvalue weighted by atomic mass is 9.82. The van der Waals surface area contributed by atoms with E-state index in [1.165, 1.54) is 12.1 Å². The molecule has 0 aliphatic rings. The molecule has 0 aliphatic heterocycles. The molecule has 3 N–H and O–H groups in total. The van der Waals surface area contributed by atoms with E-state index in [0.717, 1.165) is 0 Å². The van der Waals surface area contributed by atoms with Gasteiger partial charge in [0.05, 0.1) is 23.4 Å². The topological polar surface area (TPSA) is 142 Å². The van der Waals surface area contributed by atoms with Crippen molar-refractivity contribution in [2.24, 2.45) is 34.3 Å². The van der Waals surface area contributed by atoms with Crippen molar-refractivity contribution in [1.29, 1.82) is 0 Å². The number of nitrogens with two attached hydrogens (primary N) is 1. The lowest BCUT2D eigenvalue weighted by molar-refractivity contribution is -0.151. The van der Waals surface area contributed by atoms with Crippen molar-refractivity contribution in [2.75, 3.05) is 6.61 Å². The van der Waals surface area contributed by atoms with Gasteiger partial charge in [0, 0.05) is 5.92 Å². The van der Waals surface area contributed by atoms with Gasteiger partial charge in [-0.05, 0) is 70.1 Å². The molecule has 0 amide bonds. The predicted molar refractivity (Wildman–Crippen MR) is 148 cm³/mol. The normalized spacial score (nSPS) is 15.2. The van der Waals surface area contributed by atoms with E-state index < -0.39 is 46.6 Å². The summed E-state index contributed by atoms with van der Waals surface area (Å²) < 4.78 is 16.9. The Bertz CT molecular complexity index is 1030. The van der Waals surface area contributed by atoms with Gasteiger partial charge < -0.3 is 25.1 Å². The van der Waals surface area contributed by atoms with Crippen LogP contribution in [0.15, 0.2) is 18.2 Å². The van der Waals surface area contributed by atoms with Crippen LogP contribution in [0.25, 0.3) is 0 Å². The van der Waals surface area contributed by atoms with E-state index in [0.29, 0.717) is 18.4 Å². The van der Waals surface area contributed by atoms with Gasteiger partial charge in [0.15, 0.2) is 11.5 Å². The maximum Gasteiger partial charge on any atom is 0.321 e. The van der Waals surface area contributed by atoms with E-state index in [1.807, 2.05) is 27.7 Å². The molecule has 1 rings (SSSR count). The number of aliphatic carboxylic acids is 1. The number of carboxylic acids is 1. The van der Waals surface area contributed by atoms with E-state index in [-0.39, 0.29) is 35.9 Å². The molecule has 3 unspecified atom stereocenters. The van der Waals surface area contributed by atoms with Crippen molar-refractivity contribution in [3.63, 3.8) is 0 Å². The summed E-state index contributed by atoms with van der Waals surface area (Å²) in [4.78, 5) is 50.2. The standard InChI is InChI=1S/C30H47NO8/c1-11-29(7,8)27(35)38-21-14-13-20(15-22(21)39-28(36)30(9,10)12-2)23(24(31)25(32)33)18(5)16-37-26(34)19(6)17(3)4/h13-15,17-19,23-24H,11-12,16,31H2,1-10H3,(H,32,33)/t18?,19?,23?,24-/m0/s1. The van der Waals surface area contributed by atoms with Crippen LogP contribution in [0.5, 0.6) is 11.5 Å². The van der Waals surface area contributed by atoms with E-state index in [4.69, 9.17) is 19.9 Å². The minimum atomic E-state index is -1.34. The summed E-state index contributed by atoms with van der Waals surface area (Å²) in [5.74, 6) is -4.16. The summed E-state index contributed by atoms with van der Waals surface area (Å²) in [6.45, 7) is 18.0. The van der Waals surface area contributed by atoms with Gasteiger partial charge in [-0.25, -0.2) is 0 Å². The molecule has 0 fully saturated rings. The van der Waals surface area contributed by atoms with Crippen molar-refractivity contribution in [2.45, 2.75) is 94.0 Å². The smallest absolute Gasteiger partial charge is 0.321 e. The largest absolute Gasteiger partial charge is 0.480 e. The third kappa shape index (κ3) is 9.05. The van der Waals surface area contributed by atoms with Crippen LogP contribution in [0.2, 0.25) is 0 Å². The maximum atomic E-state index is 13.0. The van der Waals surface area contributed by atoms with Crippen LogP contribution in [-0.4, -0.2) is 41.6 Å². The molecule has 4 atom stereocenters. The van der Waals surface area contributed by atoms with Gasteiger partial charge in [0.25, 0.3) is 0 Å². The molecule has 0 saturated heterocycles. The molecule has 220 valence electrons. The van der Waals surface area contributed by atoms with Gasteiger partial charge in [-0.3, -0.25) is 19.2 Å². The lowest BCUT2D eigenvalue weighted by Gasteiger charge is -2.29. The minimum absolute atomic E-state index is 0.0144. The first kappa shape index (κ1) is 34.1. The van der Waals surface area contributed by atoms with Gasteiger partial charge in [-0.15, -0.1) is 0 Å². The van der Waals surface area contributed by atoms with E-state index in [9.17, 15) is 24.3 Å². The first-order valence-electron chi connectivity index (χ1n) is 13.6. The Hall–Kier alpha value is -2.94.